The number of carbonyl (C=O) groups is 1. The van der Waals surface area contributed by atoms with Gasteiger partial charge < -0.3 is 16.0 Å². The second kappa shape index (κ2) is 4.93. The largest absolute Gasteiger partial charge is 0.375 e. The van der Waals surface area contributed by atoms with Crippen molar-refractivity contribution in [2.45, 2.75) is 13.0 Å². The summed E-state index contributed by atoms with van der Waals surface area (Å²) in [5, 5.41) is 3.39. The topological polar surface area (TPSA) is 96.7 Å². The zero-order chi connectivity index (χ0) is 14.1. The predicted octanol–water partition coefficient (Wildman–Crippen LogP) is 2.09. The van der Waals surface area contributed by atoms with Crippen molar-refractivity contribution in [3.63, 3.8) is 0 Å². The molecule has 3 rings (SSSR count). The van der Waals surface area contributed by atoms with E-state index in [9.17, 15) is 4.79 Å². The van der Waals surface area contributed by atoms with Crippen LogP contribution in [0.2, 0.25) is 0 Å². The van der Waals surface area contributed by atoms with E-state index < -0.39 is 0 Å². The van der Waals surface area contributed by atoms with E-state index in [1.54, 1.807) is 30.6 Å². The monoisotopic (exact) mass is 287 g/mol. The molecule has 0 aliphatic rings. The second-order valence-corrected chi connectivity index (χ2v) is 5.47. The molecule has 0 radical (unpaired) electrons. The van der Waals surface area contributed by atoms with E-state index in [2.05, 4.69) is 20.3 Å². The average Bonchev–Trinajstić information content (AvgIpc) is 3.05. The molecule has 2 heterocycles. The van der Waals surface area contributed by atoms with E-state index in [1.807, 2.05) is 6.92 Å². The van der Waals surface area contributed by atoms with Crippen LogP contribution in [0.1, 0.15) is 29.1 Å². The molecule has 0 aliphatic heterocycles. The van der Waals surface area contributed by atoms with Gasteiger partial charge in [-0.15, -0.1) is 0 Å². The zero-order valence-corrected chi connectivity index (χ0v) is 11.6. The summed E-state index contributed by atoms with van der Waals surface area (Å²) < 4.78 is 0.904. The van der Waals surface area contributed by atoms with Crippen LogP contribution in [0.4, 0.5) is 5.13 Å². The summed E-state index contributed by atoms with van der Waals surface area (Å²) in [6, 6.07) is 5.16. The van der Waals surface area contributed by atoms with Crippen molar-refractivity contribution in [1.29, 1.82) is 0 Å². The van der Waals surface area contributed by atoms with Gasteiger partial charge in [-0.05, 0) is 25.1 Å². The van der Waals surface area contributed by atoms with Gasteiger partial charge in [0.2, 0.25) is 0 Å². The van der Waals surface area contributed by atoms with Gasteiger partial charge in [0, 0.05) is 18.0 Å². The summed E-state index contributed by atoms with van der Waals surface area (Å²) in [6.45, 7) is 1.87. The maximum absolute atomic E-state index is 12.2. The minimum Gasteiger partial charge on any atom is -0.375 e. The van der Waals surface area contributed by atoms with Gasteiger partial charge in [-0.1, -0.05) is 11.3 Å². The summed E-state index contributed by atoms with van der Waals surface area (Å²) >= 11 is 1.37. The third-order valence-electron chi connectivity index (χ3n) is 2.94. The number of nitrogens with one attached hydrogen (secondary N) is 2. The maximum atomic E-state index is 12.2. The van der Waals surface area contributed by atoms with Crippen LogP contribution >= 0.6 is 11.3 Å². The fourth-order valence-electron chi connectivity index (χ4n) is 1.95. The van der Waals surface area contributed by atoms with Gasteiger partial charge in [-0.3, -0.25) is 4.79 Å². The van der Waals surface area contributed by atoms with Crippen molar-refractivity contribution in [2.24, 2.45) is 0 Å². The number of carbonyl (C=O) groups excluding carboxylic acids is 1. The molecule has 0 saturated carbocycles. The summed E-state index contributed by atoms with van der Waals surface area (Å²) in [4.78, 5) is 23.5. The molecule has 0 saturated heterocycles. The number of imidazole rings is 1. The molecule has 1 aromatic carbocycles. The fraction of sp³-hybridized carbons (Fsp3) is 0.154. The molecule has 0 bridgehead atoms. The summed E-state index contributed by atoms with van der Waals surface area (Å²) in [5.74, 6) is 0.573. The average molecular weight is 287 g/mol. The van der Waals surface area contributed by atoms with Crippen LogP contribution in [0.3, 0.4) is 0 Å². The van der Waals surface area contributed by atoms with Gasteiger partial charge in [0.15, 0.2) is 5.13 Å². The lowest BCUT2D eigenvalue weighted by Crippen LogP contribution is -2.27. The number of hydrogen-bond donors (Lipinski definition) is 3. The molecule has 0 spiro atoms. The van der Waals surface area contributed by atoms with Crippen LogP contribution in [0.25, 0.3) is 10.2 Å². The third kappa shape index (κ3) is 2.35. The molecule has 102 valence electrons. The number of amides is 1. The SMILES string of the molecule is CC(NC(=O)c1ccc2nc(N)sc2c1)c1ncc[nH]1. The molecule has 0 aliphatic carbocycles. The number of aromatic nitrogens is 3. The van der Waals surface area contributed by atoms with Crippen LogP contribution in [0.5, 0.6) is 0 Å². The van der Waals surface area contributed by atoms with Crippen molar-refractivity contribution in [1.82, 2.24) is 20.3 Å². The van der Waals surface area contributed by atoms with Crippen LogP contribution in [0.15, 0.2) is 30.6 Å². The minimum absolute atomic E-state index is 0.150. The van der Waals surface area contributed by atoms with Gasteiger partial charge in [0.05, 0.1) is 16.3 Å². The van der Waals surface area contributed by atoms with E-state index >= 15 is 0 Å². The van der Waals surface area contributed by atoms with Crippen LogP contribution < -0.4 is 11.1 Å². The van der Waals surface area contributed by atoms with E-state index in [0.29, 0.717) is 10.7 Å². The minimum atomic E-state index is -0.181. The molecular formula is C13H13N5OS. The van der Waals surface area contributed by atoms with Crippen molar-refractivity contribution in [3.05, 3.63) is 42.0 Å². The summed E-state index contributed by atoms with van der Waals surface area (Å²) in [7, 11) is 0. The molecule has 1 unspecified atom stereocenters. The number of aromatic amines is 1. The highest BCUT2D eigenvalue weighted by Crippen LogP contribution is 2.24. The first kappa shape index (κ1) is 12.6. The van der Waals surface area contributed by atoms with Crippen LogP contribution in [-0.4, -0.2) is 20.9 Å². The van der Waals surface area contributed by atoms with Crippen LogP contribution in [0, 0.1) is 0 Å². The van der Waals surface area contributed by atoms with E-state index in [4.69, 9.17) is 5.73 Å². The van der Waals surface area contributed by atoms with Gasteiger partial charge in [-0.25, -0.2) is 9.97 Å². The molecule has 2 aromatic heterocycles. The first-order valence-corrected chi connectivity index (χ1v) is 6.91. The van der Waals surface area contributed by atoms with Crippen molar-refractivity contribution >= 4 is 32.6 Å². The van der Waals surface area contributed by atoms with Crippen molar-refractivity contribution < 1.29 is 4.79 Å². The normalized spacial score (nSPS) is 12.4. The first-order valence-electron chi connectivity index (χ1n) is 6.09. The Morgan fingerprint density at radius 1 is 1.50 bits per heavy atom. The number of rotatable bonds is 3. The van der Waals surface area contributed by atoms with Crippen molar-refractivity contribution in [3.8, 4) is 0 Å². The maximum Gasteiger partial charge on any atom is 0.251 e. The number of anilines is 1. The number of H-pyrrole nitrogens is 1. The molecule has 4 N–H and O–H groups in total. The number of nitrogens with zero attached hydrogens (tertiary/aromatic N) is 2. The Hall–Kier alpha value is -2.41. The highest BCUT2D eigenvalue weighted by Gasteiger charge is 2.14. The second-order valence-electron chi connectivity index (χ2n) is 4.40. The smallest absolute Gasteiger partial charge is 0.251 e. The lowest BCUT2D eigenvalue weighted by Gasteiger charge is -2.11. The Bertz CT molecular complexity index is 749. The summed E-state index contributed by atoms with van der Waals surface area (Å²) in [6.07, 6.45) is 3.38. The molecule has 6 nitrogen and oxygen atoms in total. The van der Waals surface area contributed by atoms with Gasteiger partial charge >= 0.3 is 0 Å². The number of nitrogens with two attached hydrogens (primary N) is 1. The Morgan fingerprint density at radius 2 is 2.35 bits per heavy atom. The number of fused-ring (bicyclic) bond motifs is 1. The number of thiazole rings is 1. The number of hydrogen-bond acceptors (Lipinski definition) is 5. The fourth-order valence-corrected chi connectivity index (χ4v) is 2.72. The Kier molecular flexibility index (Phi) is 3.11. The van der Waals surface area contributed by atoms with Gasteiger partial charge in [0.25, 0.3) is 5.91 Å². The molecular weight excluding hydrogens is 274 g/mol. The van der Waals surface area contributed by atoms with E-state index in [0.717, 1.165) is 16.0 Å². The molecule has 0 fully saturated rings. The predicted molar refractivity (Wildman–Crippen MR) is 78.5 cm³/mol. The Morgan fingerprint density at radius 3 is 3.10 bits per heavy atom. The number of nitrogen functional groups attached to an aromatic ring is 1. The third-order valence-corrected chi connectivity index (χ3v) is 3.79. The quantitative estimate of drug-likeness (QED) is 0.687. The van der Waals surface area contributed by atoms with E-state index in [1.165, 1.54) is 11.3 Å². The van der Waals surface area contributed by atoms with Crippen molar-refractivity contribution in [2.75, 3.05) is 5.73 Å². The highest BCUT2D eigenvalue weighted by molar-refractivity contribution is 7.22. The highest BCUT2D eigenvalue weighted by atomic mass is 32.1. The Balaban J connectivity index is 1.81. The zero-order valence-electron chi connectivity index (χ0n) is 10.8. The first-order chi connectivity index (χ1) is 9.63. The summed E-state index contributed by atoms with van der Waals surface area (Å²) in [5.41, 5.74) is 7.05. The number of benzene rings is 1. The standard InChI is InChI=1S/C13H13N5OS/c1-7(11-15-4-5-16-11)17-12(19)8-2-3-9-10(6-8)20-13(14)18-9/h2-7H,1H3,(H2,14,18)(H,15,16)(H,17,19). The Labute approximate surface area is 119 Å². The lowest BCUT2D eigenvalue weighted by molar-refractivity contribution is 0.0938. The molecule has 20 heavy (non-hydrogen) atoms. The molecule has 3 aromatic rings. The molecule has 7 heteroatoms. The van der Waals surface area contributed by atoms with E-state index in [-0.39, 0.29) is 11.9 Å². The van der Waals surface area contributed by atoms with Gasteiger partial charge in [0.1, 0.15) is 5.82 Å². The lowest BCUT2D eigenvalue weighted by atomic mass is 10.2. The molecule has 1 amide bonds. The van der Waals surface area contributed by atoms with Gasteiger partial charge in [-0.2, -0.15) is 0 Å². The molecule has 1 atom stereocenters. The van der Waals surface area contributed by atoms with Crippen LogP contribution in [-0.2, 0) is 0 Å².